The maximum atomic E-state index is 12.1. The number of halogens is 2. The molecule has 2 aromatic carbocycles. The predicted octanol–water partition coefficient (Wildman–Crippen LogP) is 4.60. The van der Waals surface area contributed by atoms with Crippen LogP contribution in [0.25, 0.3) is 10.8 Å². The minimum Gasteiger partial charge on any atom is -0.352 e. The van der Waals surface area contributed by atoms with E-state index in [1.165, 1.54) is 0 Å². The van der Waals surface area contributed by atoms with Crippen LogP contribution in [-0.4, -0.2) is 18.3 Å². The van der Waals surface area contributed by atoms with Crippen molar-refractivity contribution < 1.29 is 4.79 Å². The highest BCUT2D eigenvalue weighted by Crippen LogP contribution is 2.21. The number of fused-ring (bicyclic) bond motifs is 1. The summed E-state index contributed by atoms with van der Waals surface area (Å²) in [4.78, 5) is 12.1. The zero-order chi connectivity index (χ0) is 14.5. The monoisotopic (exact) mass is 353 g/mol. The van der Waals surface area contributed by atoms with Crippen molar-refractivity contribution in [2.24, 2.45) is 5.92 Å². The number of rotatable bonds is 5. The van der Waals surface area contributed by atoms with Gasteiger partial charge in [0.2, 0.25) is 0 Å². The van der Waals surface area contributed by atoms with Crippen molar-refractivity contribution in [1.29, 1.82) is 0 Å². The molecule has 106 valence electrons. The number of carbonyl (C=O) groups is 1. The fourth-order valence-electron chi connectivity index (χ4n) is 2.02. The molecule has 0 radical (unpaired) electrons. The van der Waals surface area contributed by atoms with Crippen LogP contribution in [-0.2, 0) is 0 Å². The van der Waals surface area contributed by atoms with E-state index >= 15 is 0 Å². The Morgan fingerprint density at radius 1 is 1.25 bits per heavy atom. The third kappa shape index (κ3) is 3.97. The van der Waals surface area contributed by atoms with Gasteiger partial charge >= 0.3 is 0 Å². The molecule has 0 fully saturated rings. The second-order valence-corrected chi connectivity index (χ2v) is 6.29. The average Bonchev–Trinajstić information content (AvgIpc) is 2.44. The van der Waals surface area contributed by atoms with Gasteiger partial charge in [0, 0.05) is 22.5 Å². The molecule has 0 aliphatic carbocycles. The van der Waals surface area contributed by atoms with Gasteiger partial charge in [0.25, 0.3) is 5.91 Å². The lowest BCUT2D eigenvalue weighted by Gasteiger charge is -2.11. The fourth-order valence-corrected chi connectivity index (χ4v) is 2.77. The number of alkyl halides is 1. The third-order valence-electron chi connectivity index (χ3n) is 3.28. The van der Waals surface area contributed by atoms with Crippen molar-refractivity contribution in [3.8, 4) is 0 Å². The summed E-state index contributed by atoms with van der Waals surface area (Å²) in [5.74, 6) is 0.992. The van der Waals surface area contributed by atoms with Gasteiger partial charge in [-0.05, 0) is 47.4 Å². The van der Waals surface area contributed by atoms with E-state index in [0.717, 1.165) is 21.7 Å². The van der Waals surface area contributed by atoms with Crippen LogP contribution in [0.3, 0.4) is 0 Å². The van der Waals surface area contributed by atoms with Crippen LogP contribution in [0.5, 0.6) is 0 Å². The molecule has 0 spiro atoms. The highest BCUT2D eigenvalue weighted by atomic mass is 79.9. The normalized spacial score (nSPS) is 12.3. The van der Waals surface area contributed by atoms with Crippen LogP contribution in [0.1, 0.15) is 23.7 Å². The van der Waals surface area contributed by atoms with Gasteiger partial charge in [0.15, 0.2) is 0 Å². The number of nitrogens with one attached hydrogen (secondary N) is 1. The SMILES string of the molecule is CC(CCCl)CNC(=O)c1ccc2cc(Br)ccc2c1. The Bertz CT molecular complexity index is 614. The predicted molar refractivity (Wildman–Crippen MR) is 88.5 cm³/mol. The highest BCUT2D eigenvalue weighted by molar-refractivity contribution is 9.10. The maximum absolute atomic E-state index is 12.1. The van der Waals surface area contributed by atoms with Gasteiger partial charge < -0.3 is 5.32 Å². The zero-order valence-corrected chi connectivity index (χ0v) is 13.7. The van der Waals surface area contributed by atoms with E-state index in [4.69, 9.17) is 11.6 Å². The van der Waals surface area contributed by atoms with Crippen molar-refractivity contribution in [1.82, 2.24) is 5.32 Å². The molecule has 2 rings (SSSR count). The van der Waals surface area contributed by atoms with Crippen molar-refractivity contribution in [3.63, 3.8) is 0 Å². The molecule has 20 heavy (non-hydrogen) atoms. The van der Waals surface area contributed by atoms with Crippen LogP contribution in [0.2, 0.25) is 0 Å². The summed E-state index contributed by atoms with van der Waals surface area (Å²) in [6.07, 6.45) is 0.910. The number of hydrogen-bond acceptors (Lipinski definition) is 1. The van der Waals surface area contributed by atoms with Gasteiger partial charge in [-0.2, -0.15) is 0 Å². The molecule has 0 saturated heterocycles. The fraction of sp³-hybridized carbons (Fsp3) is 0.312. The standard InChI is InChI=1S/C16H17BrClNO/c1-11(6-7-18)10-19-16(20)14-3-2-13-9-15(17)5-4-12(13)8-14/h2-5,8-9,11H,6-7,10H2,1H3,(H,19,20). The molecular weight excluding hydrogens is 338 g/mol. The zero-order valence-electron chi connectivity index (χ0n) is 11.3. The van der Waals surface area contributed by atoms with E-state index in [1.54, 1.807) is 0 Å². The largest absolute Gasteiger partial charge is 0.352 e. The number of amides is 1. The summed E-state index contributed by atoms with van der Waals surface area (Å²) in [6, 6.07) is 11.8. The summed E-state index contributed by atoms with van der Waals surface area (Å²) in [5, 5.41) is 5.13. The van der Waals surface area contributed by atoms with Crippen LogP contribution >= 0.6 is 27.5 Å². The summed E-state index contributed by atoms with van der Waals surface area (Å²) in [5.41, 5.74) is 0.692. The lowest BCUT2D eigenvalue weighted by atomic mass is 10.1. The first-order chi connectivity index (χ1) is 9.60. The topological polar surface area (TPSA) is 29.1 Å². The molecule has 1 amide bonds. The first-order valence-corrected chi connectivity index (χ1v) is 7.96. The van der Waals surface area contributed by atoms with E-state index in [1.807, 2.05) is 36.4 Å². The molecule has 0 aliphatic rings. The molecule has 0 aliphatic heterocycles. The van der Waals surface area contributed by atoms with Gasteiger partial charge in [-0.1, -0.05) is 35.0 Å². The Kier molecular flexibility index (Phi) is 5.44. The minimum absolute atomic E-state index is 0.0313. The molecular formula is C16H17BrClNO. The van der Waals surface area contributed by atoms with Gasteiger partial charge in [-0.15, -0.1) is 11.6 Å². The average molecular weight is 355 g/mol. The van der Waals surface area contributed by atoms with E-state index in [2.05, 4.69) is 28.2 Å². The van der Waals surface area contributed by atoms with Gasteiger partial charge in [-0.25, -0.2) is 0 Å². The Hall–Kier alpha value is -1.06. The minimum atomic E-state index is -0.0313. The smallest absolute Gasteiger partial charge is 0.251 e. The van der Waals surface area contributed by atoms with E-state index in [-0.39, 0.29) is 5.91 Å². The summed E-state index contributed by atoms with van der Waals surface area (Å²) in [7, 11) is 0. The van der Waals surface area contributed by atoms with Crippen molar-refractivity contribution in [3.05, 3.63) is 46.4 Å². The Morgan fingerprint density at radius 2 is 1.95 bits per heavy atom. The van der Waals surface area contributed by atoms with E-state index in [9.17, 15) is 4.79 Å². The van der Waals surface area contributed by atoms with E-state index in [0.29, 0.717) is 23.9 Å². The van der Waals surface area contributed by atoms with E-state index < -0.39 is 0 Å². The van der Waals surface area contributed by atoms with Crippen molar-refractivity contribution in [2.75, 3.05) is 12.4 Å². The molecule has 2 nitrogen and oxygen atoms in total. The molecule has 1 unspecified atom stereocenters. The molecule has 0 heterocycles. The Labute approximate surface area is 132 Å². The van der Waals surface area contributed by atoms with Crippen LogP contribution < -0.4 is 5.32 Å². The lowest BCUT2D eigenvalue weighted by Crippen LogP contribution is -2.28. The summed E-state index contributed by atoms with van der Waals surface area (Å²) in [6.45, 7) is 2.74. The number of hydrogen-bond donors (Lipinski definition) is 1. The Balaban J connectivity index is 2.08. The summed E-state index contributed by atoms with van der Waals surface area (Å²) >= 11 is 9.14. The molecule has 4 heteroatoms. The number of carbonyl (C=O) groups excluding carboxylic acids is 1. The molecule has 0 aromatic heterocycles. The molecule has 1 N–H and O–H groups in total. The Morgan fingerprint density at radius 3 is 2.70 bits per heavy atom. The van der Waals surface area contributed by atoms with Crippen LogP contribution in [0.15, 0.2) is 40.9 Å². The van der Waals surface area contributed by atoms with Crippen LogP contribution in [0, 0.1) is 5.92 Å². The first kappa shape index (κ1) is 15.3. The molecule has 0 saturated carbocycles. The quantitative estimate of drug-likeness (QED) is 0.781. The second kappa shape index (κ2) is 7.09. The molecule has 2 aromatic rings. The van der Waals surface area contributed by atoms with Gasteiger partial charge in [0.1, 0.15) is 0 Å². The molecule has 1 atom stereocenters. The maximum Gasteiger partial charge on any atom is 0.251 e. The molecule has 0 bridgehead atoms. The van der Waals surface area contributed by atoms with Crippen LogP contribution in [0.4, 0.5) is 0 Å². The van der Waals surface area contributed by atoms with Gasteiger partial charge in [0.05, 0.1) is 0 Å². The first-order valence-electron chi connectivity index (χ1n) is 6.63. The summed E-state index contributed by atoms with van der Waals surface area (Å²) < 4.78 is 1.04. The third-order valence-corrected chi connectivity index (χ3v) is 3.99. The lowest BCUT2D eigenvalue weighted by molar-refractivity contribution is 0.0948. The highest BCUT2D eigenvalue weighted by Gasteiger charge is 2.08. The van der Waals surface area contributed by atoms with Crippen molar-refractivity contribution in [2.45, 2.75) is 13.3 Å². The van der Waals surface area contributed by atoms with Gasteiger partial charge in [-0.3, -0.25) is 4.79 Å². The number of benzene rings is 2. The second-order valence-electron chi connectivity index (χ2n) is 5.00. The van der Waals surface area contributed by atoms with Crippen molar-refractivity contribution >= 4 is 44.2 Å².